The number of nitrogens with zero attached hydrogens (tertiary/aromatic N) is 2. The van der Waals surface area contributed by atoms with Crippen LogP contribution in [-0.2, 0) is 0 Å². The maximum atomic E-state index is 4.22. The third-order valence-corrected chi connectivity index (χ3v) is 2.61. The molecule has 0 spiro atoms. The average molecular weight is 194 g/mol. The van der Waals surface area contributed by atoms with E-state index in [4.69, 9.17) is 0 Å². The summed E-state index contributed by atoms with van der Waals surface area (Å²) in [5.41, 5.74) is 3.13. The van der Waals surface area contributed by atoms with E-state index in [1.165, 1.54) is 16.3 Å². The fraction of sp³-hybridized carbons (Fsp3) is 0.0769. The van der Waals surface area contributed by atoms with Gasteiger partial charge in [-0.3, -0.25) is 0 Å². The summed E-state index contributed by atoms with van der Waals surface area (Å²) in [4.78, 5) is 0. The van der Waals surface area contributed by atoms with E-state index in [1.807, 2.05) is 18.2 Å². The normalized spacial score (nSPS) is 11.0. The summed E-state index contributed by atoms with van der Waals surface area (Å²) in [6, 6.07) is 14.4. The van der Waals surface area contributed by atoms with Crippen LogP contribution in [-0.4, -0.2) is 10.2 Å². The molecule has 0 radical (unpaired) electrons. The highest BCUT2D eigenvalue weighted by Gasteiger charge is 2.01. The summed E-state index contributed by atoms with van der Waals surface area (Å²) in [6.45, 7) is 2.07. The molecule has 0 bridgehead atoms. The third kappa shape index (κ3) is 1.26. The van der Waals surface area contributed by atoms with Crippen LogP contribution in [0.1, 0.15) is 5.56 Å². The third-order valence-electron chi connectivity index (χ3n) is 2.61. The van der Waals surface area contributed by atoms with Crippen molar-refractivity contribution in [2.45, 2.75) is 6.92 Å². The van der Waals surface area contributed by atoms with E-state index in [0.29, 0.717) is 0 Å². The molecule has 3 rings (SSSR count). The number of hydrogen-bond acceptors (Lipinski definition) is 2. The summed E-state index contributed by atoms with van der Waals surface area (Å²) in [5.74, 6) is 0. The molecular weight excluding hydrogens is 184 g/mol. The molecule has 2 aromatic carbocycles. The minimum Gasteiger partial charge on any atom is -0.150 e. The maximum Gasteiger partial charge on any atom is 0.0938 e. The Labute approximate surface area is 87.6 Å². The lowest BCUT2D eigenvalue weighted by Gasteiger charge is -2.01. The van der Waals surface area contributed by atoms with Gasteiger partial charge in [-0.1, -0.05) is 30.3 Å². The van der Waals surface area contributed by atoms with Gasteiger partial charge in [-0.15, -0.1) is 10.2 Å². The molecule has 1 aromatic heterocycles. The minimum absolute atomic E-state index is 0.953. The van der Waals surface area contributed by atoms with Crippen molar-refractivity contribution in [1.82, 2.24) is 10.2 Å². The van der Waals surface area contributed by atoms with E-state index >= 15 is 0 Å². The fourth-order valence-corrected chi connectivity index (χ4v) is 1.85. The molecule has 0 saturated carbocycles. The van der Waals surface area contributed by atoms with Gasteiger partial charge in [-0.2, -0.15) is 0 Å². The van der Waals surface area contributed by atoms with Crippen molar-refractivity contribution in [3.63, 3.8) is 0 Å². The molecule has 2 nitrogen and oxygen atoms in total. The molecule has 1 heterocycles. The van der Waals surface area contributed by atoms with Gasteiger partial charge in [0.2, 0.25) is 0 Å². The second-order valence-electron chi connectivity index (χ2n) is 3.74. The SMILES string of the molecule is Cc1ccc2c(c1)nnc1ccccc12. The molecule has 0 N–H and O–H groups in total. The molecule has 0 aliphatic heterocycles. The molecule has 0 amide bonds. The Hall–Kier alpha value is -1.96. The average Bonchev–Trinajstić information content (AvgIpc) is 2.28. The predicted molar refractivity (Wildman–Crippen MR) is 61.8 cm³/mol. The van der Waals surface area contributed by atoms with E-state index < -0.39 is 0 Å². The number of fused-ring (bicyclic) bond motifs is 3. The Morgan fingerprint density at radius 1 is 0.800 bits per heavy atom. The van der Waals surface area contributed by atoms with Crippen molar-refractivity contribution in [1.29, 1.82) is 0 Å². The number of hydrogen-bond donors (Lipinski definition) is 0. The van der Waals surface area contributed by atoms with E-state index in [2.05, 4.69) is 41.4 Å². The molecule has 72 valence electrons. The minimum atomic E-state index is 0.953. The van der Waals surface area contributed by atoms with Crippen molar-refractivity contribution >= 4 is 21.8 Å². The van der Waals surface area contributed by atoms with Gasteiger partial charge in [0.25, 0.3) is 0 Å². The summed E-state index contributed by atoms with van der Waals surface area (Å²) in [5, 5.41) is 10.8. The second kappa shape index (κ2) is 3.02. The Balaban J connectivity index is 2.55. The van der Waals surface area contributed by atoms with E-state index in [0.717, 1.165) is 11.0 Å². The molecular formula is C13H10N2. The van der Waals surface area contributed by atoms with Crippen molar-refractivity contribution < 1.29 is 0 Å². The van der Waals surface area contributed by atoms with Gasteiger partial charge in [0, 0.05) is 10.8 Å². The van der Waals surface area contributed by atoms with Crippen molar-refractivity contribution in [2.24, 2.45) is 0 Å². The number of benzene rings is 2. The summed E-state index contributed by atoms with van der Waals surface area (Å²) >= 11 is 0. The van der Waals surface area contributed by atoms with Gasteiger partial charge < -0.3 is 0 Å². The quantitative estimate of drug-likeness (QED) is 0.514. The molecule has 0 aliphatic carbocycles. The fourth-order valence-electron chi connectivity index (χ4n) is 1.85. The van der Waals surface area contributed by atoms with Gasteiger partial charge in [0.1, 0.15) is 0 Å². The first-order chi connectivity index (χ1) is 7.34. The molecule has 0 atom stereocenters. The Morgan fingerprint density at radius 3 is 2.47 bits per heavy atom. The van der Waals surface area contributed by atoms with Crippen LogP contribution in [0.15, 0.2) is 42.5 Å². The highest BCUT2D eigenvalue weighted by Crippen LogP contribution is 2.21. The van der Waals surface area contributed by atoms with Crippen LogP contribution in [0.3, 0.4) is 0 Å². The molecule has 15 heavy (non-hydrogen) atoms. The lowest BCUT2D eigenvalue weighted by molar-refractivity contribution is 1.12. The van der Waals surface area contributed by atoms with Crippen LogP contribution >= 0.6 is 0 Å². The first kappa shape index (κ1) is 8.36. The highest BCUT2D eigenvalue weighted by atomic mass is 15.1. The van der Waals surface area contributed by atoms with Crippen LogP contribution < -0.4 is 0 Å². The molecule has 0 fully saturated rings. The standard InChI is InChI=1S/C13H10N2/c1-9-6-7-11-10-4-2-3-5-12(10)14-15-13(11)8-9/h2-8H,1H3. The summed E-state index contributed by atoms with van der Waals surface area (Å²) in [6.07, 6.45) is 0. The van der Waals surface area contributed by atoms with Gasteiger partial charge in [-0.25, -0.2) is 0 Å². The van der Waals surface area contributed by atoms with E-state index in [9.17, 15) is 0 Å². The van der Waals surface area contributed by atoms with E-state index in [-0.39, 0.29) is 0 Å². The lowest BCUT2D eigenvalue weighted by Crippen LogP contribution is -1.87. The van der Waals surface area contributed by atoms with Crippen molar-refractivity contribution in [2.75, 3.05) is 0 Å². The maximum absolute atomic E-state index is 4.22. The molecule has 0 unspecified atom stereocenters. The van der Waals surface area contributed by atoms with Gasteiger partial charge in [0.05, 0.1) is 11.0 Å². The van der Waals surface area contributed by atoms with Crippen molar-refractivity contribution in [3.05, 3.63) is 48.0 Å². The van der Waals surface area contributed by atoms with E-state index in [1.54, 1.807) is 0 Å². The zero-order chi connectivity index (χ0) is 10.3. The van der Waals surface area contributed by atoms with Crippen LogP contribution in [0.5, 0.6) is 0 Å². The predicted octanol–water partition coefficient (Wildman–Crippen LogP) is 3.09. The zero-order valence-corrected chi connectivity index (χ0v) is 8.44. The number of aromatic nitrogens is 2. The van der Waals surface area contributed by atoms with Gasteiger partial charge in [0.15, 0.2) is 0 Å². The topological polar surface area (TPSA) is 25.8 Å². The van der Waals surface area contributed by atoms with Crippen LogP contribution in [0, 0.1) is 6.92 Å². The number of rotatable bonds is 0. The van der Waals surface area contributed by atoms with Crippen LogP contribution in [0.2, 0.25) is 0 Å². The first-order valence-electron chi connectivity index (χ1n) is 4.96. The Kier molecular flexibility index (Phi) is 1.68. The number of aryl methyl sites for hydroxylation is 1. The highest BCUT2D eigenvalue weighted by molar-refractivity contribution is 6.03. The first-order valence-corrected chi connectivity index (χ1v) is 4.96. The Morgan fingerprint density at radius 2 is 1.53 bits per heavy atom. The van der Waals surface area contributed by atoms with Gasteiger partial charge >= 0.3 is 0 Å². The second-order valence-corrected chi connectivity index (χ2v) is 3.74. The molecule has 0 aliphatic rings. The van der Waals surface area contributed by atoms with Gasteiger partial charge in [-0.05, 0) is 24.6 Å². The Bertz CT molecular complexity index is 644. The molecule has 3 aromatic rings. The largest absolute Gasteiger partial charge is 0.150 e. The molecule has 2 heteroatoms. The van der Waals surface area contributed by atoms with Crippen molar-refractivity contribution in [3.8, 4) is 0 Å². The summed E-state index contributed by atoms with van der Waals surface area (Å²) < 4.78 is 0. The van der Waals surface area contributed by atoms with Crippen LogP contribution in [0.25, 0.3) is 21.8 Å². The monoisotopic (exact) mass is 194 g/mol. The van der Waals surface area contributed by atoms with Crippen LogP contribution in [0.4, 0.5) is 0 Å². The smallest absolute Gasteiger partial charge is 0.0938 e. The lowest BCUT2D eigenvalue weighted by atomic mass is 10.1. The molecule has 0 saturated heterocycles. The zero-order valence-electron chi connectivity index (χ0n) is 8.44. The summed E-state index contributed by atoms with van der Waals surface area (Å²) in [7, 11) is 0.